The first kappa shape index (κ1) is 12.8. The minimum absolute atomic E-state index is 0.457. The van der Waals surface area contributed by atoms with Crippen molar-refractivity contribution in [1.29, 1.82) is 0 Å². The highest BCUT2D eigenvalue weighted by Gasteiger charge is 2.05. The number of para-hydroxylation sites is 1. The average Bonchev–Trinajstić information content (AvgIpc) is 2.37. The molecule has 1 atom stereocenters. The fourth-order valence-electron chi connectivity index (χ4n) is 2.01. The van der Waals surface area contributed by atoms with Crippen LogP contribution in [0.5, 0.6) is 0 Å². The van der Waals surface area contributed by atoms with E-state index in [1.807, 2.05) is 18.3 Å². The van der Waals surface area contributed by atoms with E-state index in [1.54, 1.807) is 0 Å². The van der Waals surface area contributed by atoms with Crippen molar-refractivity contribution in [3.8, 4) is 0 Å². The molecule has 0 unspecified atom stereocenters. The molecule has 0 radical (unpaired) electrons. The zero-order valence-electron chi connectivity index (χ0n) is 11.4. The van der Waals surface area contributed by atoms with E-state index in [-0.39, 0.29) is 0 Å². The fourth-order valence-corrected chi connectivity index (χ4v) is 2.01. The van der Waals surface area contributed by atoms with E-state index in [4.69, 9.17) is 0 Å². The molecule has 2 aromatic rings. The molecule has 0 aliphatic rings. The molecule has 1 N–H and O–H groups in total. The lowest BCUT2D eigenvalue weighted by Gasteiger charge is -2.18. The van der Waals surface area contributed by atoms with Gasteiger partial charge in [0.15, 0.2) is 0 Å². The van der Waals surface area contributed by atoms with Gasteiger partial charge in [-0.3, -0.25) is 4.98 Å². The molecule has 0 fully saturated rings. The van der Waals surface area contributed by atoms with Crippen LogP contribution >= 0.6 is 0 Å². The standard InChI is InChI=1S/C15H21N3/c1-12(9-11-18(2)3)17-15-8-10-16-14-7-5-4-6-13(14)15/h4-8,10,12H,9,11H2,1-3H3,(H,16,17)/t12-/m0/s1. The SMILES string of the molecule is C[C@@H](CCN(C)C)Nc1ccnc2ccccc12. The zero-order chi connectivity index (χ0) is 13.0. The van der Waals surface area contributed by atoms with Gasteiger partial charge < -0.3 is 10.2 Å². The third-order valence-electron chi connectivity index (χ3n) is 3.06. The van der Waals surface area contributed by atoms with Gasteiger partial charge in [0.25, 0.3) is 0 Å². The normalized spacial score (nSPS) is 12.9. The Morgan fingerprint density at radius 3 is 2.78 bits per heavy atom. The van der Waals surface area contributed by atoms with Crippen molar-refractivity contribution in [3.63, 3.8) is 0 Å². The maximum Gasteiger partial charge on any atom is 0.0722 e. The Morgan fingerprint density at radius 2 is 2.00 bits per heavy atom. The van der Waals surface area contributed by atoms with Crippen LogP contribution in [0.3, 0.4) is 0 Å². The maximum atomic E-state index is 4.38. The Morgan fingerprint density at radius 1 is 1.22 bits per heavy atom. The Balaban J connectivity index is 2.11. The van der Waals surface area contributed by atoms with E-state index in [0.717, 1.165) is 18.5 Å². The Bertz CT molecular complexity index is 503. The third kappa shape index (κ3) is 3.20. The fraction of sp³-hybridized carbons (Fsp3) is 0.400. The van der Waals surface area contributed by atoms with Gasteiger partial charge in [-0.05, 0) is 46.1 Å². The van der Waals surface area contributed by atoms with Crippen molar-refractivity contribution in [1.82, 2.24) is 9.88 Å². The Labute approximate surface area is 109 Å². The summed E-state index contributed by atoms with van der Waals surface area (Å²) in [5, 5.41) is 4.76. The summed E-state index contributed by atoms with van der Waals surface area (Å²) in [5.41, 5.74) is 2.22. The van der Waals surface area contributed by atoms with Crippen LogP contribution in [0, 0.1) is 0 Å². The van der Waals surface area contributed by atoms with Gasteiger partial charge in [-0.15, -0.1) is 0 Å². The van der Waals surface area contributed by atoms with Gasteiger partial charge in [0, 0.05) is 23.3 Å². The third-order valence-corrected chi connectivity index (χ3v) is 3.06. The van der Waals surface area contributed by atoms with E-state index in [2.05, 4.69) is 54.4 Å². The first-order chi connectivity index (χ1) is 8.66. The van der Waals surface area contributed by atoms with Gasteiger partial charge in [0.05, 0.1) is 5.52 Å². The summed E-state index contributed by atoms with van der Waals surface area (Å²) in [6, 6.07) is 10.7. The summed E-state index contributed by atoms with van der Waals surface area (Å²) in [6.45, 7) is 3.32. The quantitative estimate of drug-likeness (QED) is 0.875. The highest BCUT2D eigenvalue weighted by atomic mass is 15.1. The molecule has 1 aromatic heterocycles. The molecule has 1 heterocycles. The number of nitrogens with zero attached hydrogens (tertiary/aromatic N) is 2. The molecule has 0 spiro atoms. The number of hydrogen-bond acceptors (Lipinski definition) is 3. The largest absolute Gasteiger partial charge is 0.382 e. The van der Waals surface area contributed by atoms with Crippen LogP contribution in [-0.4, -0.2) is 36.6 Å². The van der Waals surface area contributed by atoms with Crippen molar-refractivity contribution < 1.29 is 0 Å². The Hall–Kier alpha value is -1.61. The summed E-state index contributed by atoms with van der Waals surface area (Å²) in [5.74, 6) is 0. The van der Waals surface area contributed by atoms with Gasteiger partial charge >= 0.3 is 0 Å². The number of nitrogens with one attached hydrogen (secondary N) is 1. The molecule has 18 heavy (non-hydrogen) atoms. The van der Waals surface area contributed by atoms with E-state index < -0.39 is 0 Å². The highest BCUT2D eigenvalue weighted by molar-refractivity contribution is 5.90. The van der Waals surface area contributed by atoms with Crippen LogP contribution in [0.4, 0.5) is 5.69 Å². The van der Waals surface area contributed by atoms with Crippen LogP contribution in [0.25, 0.3) is 10.9 Å². The molecule has 3 heteroatoms. The first-order valence-electron chi connectivity index (χ1n) is 6.42. The summed E-state index contributed by atoms with van der Waals surface area (Å²) in [6.07, 6.45) is 2.99. The molecule has 0 amide bonds. The number of rotatable bonds is 5. The minimum atomic E-state index is 0.457. The Kier molecular flexibility index (Phi) is 4.15. The minimum Gasteiger partial charge on any atom is -0.382 e. The second-order valence-corrected chi connectivity index (χ2v) is 5.01. The molecule has 0 bridgehead atoms. The number of pyridine rings is 1. The smallest absolute Gasteiger partial charge is 0.0722 e. The first-order valence-corrected chi connectivity index (χ1v) is 6.42. The van der Waals surface area contributed by atoms with Crippen molar-refractivity contribution in [2.24, 2.45) is 0 Å². The van der Waals surface area contributed by atoms with Crippen molar-refractivity contribution >= 4 is 16.6 Å². The topological polar surface area (TPSA) is 28.2 Å². The van der Waals surface area contributed by atoms with Gasteiger partial charge in [0.1, 0.15) is 0 Å². The van der Waals surface area contributed by atoms with Crippen molar-refractivity contribution in [2.75, 3.05) is 26.0 Å². The molecule has 0 aliphatic heterocycles. The number of benzene rings is 1. The monoisotopic (exact) mass is 243 g/mol. The summed E-state index contributed by atoms with van der Waals surface area (Å²) in [7, 11) is 4.21. The van der Waals surface area contributed by atoms with Crippen LogP contribution in [0.1, 0.15) is 13.3 Å². The van der Waals surface area contributed by atoms with Crippen LogP contribution < -0.4 is 5.32 Å². The van der Waals surface area contributed by atoms with E-state index in [0.29, 0.717) is 6.04 Å². The molecular weight excluding hydrogens is 222 g/mol. The van der Waals surface area contributed by atoms with E-state index >= 15 is 0 Å². The number of anilines is 1. The lowest BCUT2D eigenvalue weighted by Crippen LogP contribution is -2.23. The second-order valence-electron chi connectivity index (χ2n) is 5.01. The number of aromatic nitrogens is 1. The second kappa shape index (κ2) is 5.83. The molecule has 0 saturated heterocycles. The zero-order valence-corrected chi connectivity index (χ0v) is 11.4. The summed E-state index contributed by atoms with van der Waals surface area (Å²) in [4.78, 5) is 6.59. The molecule has 96 valence electrons. The molecule has 0 aliphatic carbocycles. The lowest BCUT2D eigenvalue weighted by atomic mass is 10.1. The molecule has 2 rings (SSSR count). The van der Waals surface area contributed by atoms with Crippen molar-refractivity contribution in [3.05, 3.63) is 36.5 Å². The van der Waals surface area contributed by atoms with Gasteiger partial charge in [-0.1, -0.05) is 18.2 Å². The van der Waals surface area contributed by atoms with Crippen LogP contribution in [0.2, 0.25) is 0 Å². The van der Waals surface area contributed by atoms with Gasteiger partial charge in [-0.25, -0.2) is 0 Å². The number of fused-ring (bicyclic) bond motifs is 1. The van der Waals surface area contributed by atoms with E-state index in [1.165, 1.54) is 11.1 Å². The van der Waals surface area contributed by atoms with E-state index in [9.17, 15) is 0 Å². The summed E-state index contributed by atoms with van der Waals surface area (Å²) < 4.78 is 0. The van der Waals surface area contributed by atoms with Crippen LogP contribution in [0.15, 0.2) is 36.5 Å². The molecular formula is C15H21N3. The van der Waals surface area contributed by atoms with Crippen LogP contribution in [-0.2, 0) is 0 Å². The number of hydrogen-bond donors (Lipinski definition) is 1. The maximum absolute atomic E-state index is 4.38. The molecule has 3 nitrogen and oxygen atoms in total. The lowest BCUT2D eigenvalue weighted by molar-refractivity contribution is 0.390. The van der Waals surface area contributed by atoms with Gasteiger partial charge in [-0.2, -0.15) is 0 Å². The van der Waals surface area contributed by atoms with Gasteiger partial charge in [0.2, 0.25) is 0 Å². The highest BCUT2D eigenvalue weighted by Crippen LogP contribution is 2.21. The molecule has 0 saturated carbocycles. The predicted octanol–water partition coefficient (Wildman–Crippen LogP) is 2.99. The van der Waals surface area contributed by atoms with Crippen molar-refractivity contribution in [2.45, 2.75) is 19.4 Å². The predicted molar refractivity (Wildman–Crippen MR) is 78.0 cm³/mol. The average molecular weight is 243 g/mol. The molecule has 1 aromatic carbocycles. The summed E-state index contributed by atoms with van der Waals surface area (Å²) >= 11 is 0.